The molecule has 0 saturated heterocycles. The predicted molar refractivity (Wildman–Crippen MR) is 197 cm³/mol. The smallest absolute Gasteiger partial charge is 0.160 e. The molecule has 0 radical (unpaired) electrons. The Bertz CT molecular complexity index is 2310. The molecule has 0 bridgehead atoms. The first-order valence-corrected chi connectivity index (χ1v) is 16.5. The van der Waals surface area contributed by atoms with E-state index in [1.165, 1.54) is 44.5 Å². The Morgan fingerprint density at radius 2 is 0.816 bits per heavy atom. The van der Waals surface area contributed by atoms with Gasteiger partial charge in [-0.15, -0.1) is 0 Å². The molecule has 0 saturated carbocycles. The molecule has 9 rings (SSSR count). The van der Waals surface area contributed by atoms with Crippen LogP contribution in [-0.4, -0.2) is 19.9 Å². The zero-order chi connectivity index (χ0) is 32.6. The minimum atomic E-state index is -0.573. The van der Waals surface area contributed by atoms with E-state index in [4.69, 9.17) is 9.97 Å². The van der Waals surface area contributed by atoms with Crippen molar-refractivity contribution in [2.45, 2.75) is 5.41 Å². The van der Waals surface area contributed by atoms with E-state index in [0.717, 1.165) is 28.3 Å². The van der Waals surface area contributed by atoms with Crippen molar-refractivity contribution in [2.75, 3.05) is 0 Å². The summed E-state index contributed by atoms with van der Waals surface area (Å²) in [5, 5.41) is 0. The standard InChI is InChI=1S/C45H30N4/c1-4-14-31(15-5-1)32-22-24-36-37-25-23-33(44-48-42(40-20-10-12-26-46-40)30-43(49-44)41-21-11-13-27-47-41)29-39(37)45(38(36)28-32,34-16-6-2-7-17-34)35-18-8-3-9-19-35/h1-30H. The second-order valence-electron chi connectivity index (χ2n) is 12.3. The SMILES string of the molecule is c1ccc(-c2ccc3c(c2)C(c2ccccc2)(c2ccccc2)c2cc(-c4nc(-c5ccccn5)cc(-c5ccccn5)n4)ccc2-3)cc1. The Hall–Kier alpha value is -6.52. The maximum Gasteiger partial charge on any atom is 0.160 e. The van der Waals surface area contributed by atoms with Crippen LogP contribution in [0, 0.1) is 0 Å². The minimum Gasteiger partial charge on any atom is -0.255 e. The van der Waals surface area contributed by atoms with Gasteiger partial charge in [0.15, 0.2) is 5.82 Å². The molecule has 4 nitrogen and oxygen atoms in total. The maximum absolute atomic E-state index is 5.12. The molecule has 0 N–H and O–H groups in total. The first-order valence-electron chi connectivity index (χ1n) is 16.5. The minimum absolute atomic E-state index is 0.573. The summed E-state index contributed by atoms with van der Waals surface area (Å²) < 4.78 is 0. The van der Waals surface area contributed by atoms with E-state index >= 15 is 0 Å². The molecule has 3 heterocycles. The number of aromatic nitrogens is 4. The molecule has 1 aliphatic carbocycles. The van der Waals surface area contributed by atoms with Crippen molar-refractivity contribution in [3.63, 3.8) is 0 Å². The summed E-state index contributed by atoms with van der Waals surface area (Å²) in [6.07, 6.45) is 3.59. The molecule has 0 aliphatic heterocycles. The number of nitrogens with zero attached hydrogens (tertiary/aromatic N) is 4. The van der Waals surface area contributed by atoms with E-state index < -0.39 is 5.41 Å². The number of hydrogen-bond donors (Lipinski definition) is 0. The third-order valence-electron chi connectivity index (χ3n) is 9.50. The summed E-state index contributed by atoms with van der Waals surface area (Å²) in [6.45, 7) is 0. The highest BCUT2D eigenvalue weighted by Gasteiger charge is 2.46. The van der Waals surface area contributed by atoms with Crippen molar-refractivity contribution in [2.24, 2.45) is 0 Å². The molecule has 8 aromatic rings. The third-order valence-corrected chi connectivity index (χ3v) is 9.50. The predicted octanol–water partition coefficient (Wildman–Crippen LogP) is 10.3. The van der Waals surface area contributed by atoms with Gasteiger partial charge in [-0.2, -0.15) is 0 Å². The van der Waals surface area contributed by atoms with Crippen molar-refractivity contribution in [3.8, 4) is 56.4 Å². The van der Waals surface area contributed by atoms with Crippen LogP contribution in [0.3, 0.4) is 0 Å². The van der Waals surface area contributed by atoms with Gasteiger partial charge in [-0.25, -0.2) is 9.97 Å². The molecule has 4 heteroatoms. The molecule has 0 amide bonds. The van der Waals surface area contributed by atoms with Crippen LogP contribution in [-0.2, 0) is 5.41 Å². The van der Waals surface area contributed by atoms with Gasteiger partial charge in [0.2, 0.25) is 0 Å². The van der Waals surface area contributed by atoms with Gasteiger partial charge >= 0.3 is 0 Å². The van der Waals surface area contributed by atoms with E-state index in [0.29, 0.717) is 5.82 Å². The second-order valence-corrected chi connectivity index (χ2v) is 12.3. The lowest BCUT2D eigenvalue weighted by Crippen LogP contribution is -2.28. The topological polar surface area (TPSA) is 51.6 Å². The zero-order valence-electron chi connectivity index (χ0n) is 26.6. The number of rotatable bonds is 6. The molecular formula is C45H30N4. The average Bonchev–Trinajstić information content (AvgIpc) is 3.49. The van der Waals surface area contributed by atoms with E-state index in [1.54, 1.807) is 12.4 Å². The van der Waals surface area contributed by atoms with Gasteiger partial charge in [0.1, 0.15) is 0 Å². The largest absolute Gasteiger partial charge is 0.255 e. The summed E-state index contributed by atoms with van der Waals surface area (Å²) in [5.41, 5.74) is 13.1. The fourth-order valence-electron chi connectivity index (χ4n) is 7.31. The quantitative estimate of drug-likeness (QED) is 0.184. The summed E-state index contributed by atoms with van der Waals surface area (Å²) >= 11 is 0. The fourth-order valence-corrected chi connectivity index (χ4v) is 7.31. The van der Waals surface area contributed by atoms with Gasteiger partial charge in [-0.05, 0) is 87.0 Å². The molecule has 3 aromatic heterocycles. The molecule has 0 spiro atoms. The Balaban J connectivity index is 1.32. The van der Waals surface area contributed by atoms with E-state index in [2.05, 4.69) is 137 Å². The van der Waals surface area contributed by atoms with Crippen LogP contribution in [0.4, 0.5) is 0 Å². The number of pyridine rings is 2. The summed E-state index contributed by atoms with van der Waals surface area (Å²) in [4.78, 5) is 19.5. The summed E-state index contributed by atoms with van der Waals surface area (Å²) in [5.74, 6) is 0.627. The van der Waals surface area contributed by atoms with Crippen LogP contribution >= 0.6 is 0 Å². The van der Waals surface area contributed by atoms with Crippen LogP contribution in [0.25, 0.3) is 56.4 Å². The lowest BCUT2D eigenvalue weighted by atomic mass is 9.67. The van der Waals surface area contributed by atoms with Crippen LogP contribution < -0.4 is 0 Å². The molecule has 0 unspecified atom stereocenters. The Morgan fingerprint density at radius 3 is 1.33 bits per heavy atom. The average molecular weight is 627 g/mol. The summed E-state index contributed by atoms with van der Waals surface area (Å²) in [6, 6.07) is 59.7. The molecule has 230 valence electrons. The lowest BCUT2D eigenvalue weighted by Gasteiger charge is -2.34. The highest BCUT2D eigenvalue weighted by atomic mass is 14.9. The van der Waals surface area contributed by atoms with Crippen molar-refractivity contribution in [1.29, 1.82) is 0 Å². The van der Waals surface area contributed by atoms with Gasteiger partial charge in [-0.1, -0.05) is 127 Å². The second kappa shape index (κ2) is 11.9. The van der Waals surface area contributed by atoms with Crippen molar-refractivity contribution >= 4 is 0 Å². The Labute approximate surface area is 285 Å². The molecule has 0 atom stereocenters. The van der Waals surface area contributed by atoms with E-state index in [1.807, 2.05) is 42.5 Å². The highest BCUT2D eigenvalue weighted by Crippen LogP contribution is 2.57. The first-order chi connectivity index (χ1) is 24.3. The zero-order valence-corrected chi connectivity index (χ0v) is 26.6. The molecule has 49 heavy (non-hydrogen) atoms. The first kappa shape index (κ1) is 28.7. The maximum atomic E-state index is 5.12. The number of benzene rings is 5. The number of hydrogen-bond acceptors (Lipinski definition) is 4. The van der Waals surface area contributed by atoms with Crippen LogP contribution in [0.1, 0.15) is 22.3 Å². The fraction of sp³-hybridized carbons (Fsp3) is 0.0222. The third kappa shape index (κ3) is 4.85. The van der Waals surface area contributed by atoms with Crippen LogP contribution in [0.5, 0.6) is 0 Å². The molecular weight excluding hydrogens is 597 g/mol. The monoisotopic (exact) mass is 626 g/mol. The van der Waals surface area contributed by atoms with E-state index in [9.17, 15) is 0 Å². The Kier molecular flexibility index (Phi) is 6.98. The Morgan fingerprint density at radius 1 is 0.347 bits per heavy atom. The van der Waals surface area contributed by atoms with Gasteiger partial charge in [0.05, 0.1) is 28.2 Å². The highest BCUT2D eigenvalue weighted by molar-refractivity contribution is 5.90. The van der Waals surface area contributed by atoms with Gasteiger partial charge in [0.25, 0.3) is 0 Å². The molecule has 5 aromatic carbocycles. The molecule has 0 fully saturated rings. The van der Waals surface area contributed by atoms with E-state index in [-0.39, 0.29) is 0 Å². The van der Waals surface area contributed by atoms with Crippen molar-refractivity contribution in [1.82, 2.24) is 19.9 Å². The van der Waals surface area contributed by atoms with Crippen LogP contribution in [0.15, 0.2) is 182 Å². The van der Waals surface area contributed by atoms with Gasteiger partial charge in [-0.3, -0.25) is 9.97 Å². The number of fused-ring (bicyclic) bond motifs is 3. The van der Waals surface area contributed by atoms with Gasteiger partial charge < -0.3 is 0 Å². The summed E-state index contributed by atoms with van der Waals surface area (Å²) in [7, 11) is 0. The van der Waals surface area contributed by atoms with Crippen LogP contribution in [0.2, 0.25) is 0 Å². The lowest BCUT2D eigenvalue weighted by molar-refractivity contribution is 0.769. The van der Waals surface area contributed by atoms with Gasteiger partial charge in [0, 0.05) is 18.0 Å². The van der Waals surface area contributed by atoms with Crippen molar-refractivity contribution < 1.29 is 0 Å². The molecule has 1 aliphatic rings. The van der Waals surface area contributed by atoms with Crippen molar-refractivity contribution in [3.05, 3.63) is 205 Å². The normalized spacial score (nSPS) is 12.7.